The lowest BCUT2D eigenvalue weighted by Gasteiger charge is -2.17. The fourth-order valence-electron chi connectivity index (χ4n) is 1.19. The average Bonchev–Trinajstić information content (AvgIpc) is 2.26. The minimum atomic E-state index is -0.421. The second kappa shape index (κ2) is 5.47. The summed E-state index contributed by atoms with van der Waals surface area (Å²) < 4.78 is 13.4. The molecule has 3 nitrogen and oxygen atoms in total. The van der Waals surface area contributed by atoms with Crippen molar-refractivity contribution >= 4 is 5.69 Å². The summed E-state index contributed by atoms with van der Waals surface area (Å²) >= 11 is 0. The summed E-state index contributed by atoms with van der Waals surface area (Å²) in [5, 5.41) is 11.5. The van der Waals surface area contributed by atoms with E-state index < -0.39 is 5.82 Å². The molecule has 0 saturated heterocycles. The SMILES string of the molecule is CC(C)C(N)CNc1ccc(C#N)cc1F. The Morgan fingerprint density at radius 3 is 2.69 bits per heavy atom. The van der Waals surface area contributed by atoms with E-state index in [2.05, 4.69) is 5.32 Å². The highest BCUT2D eigenvalue weighted by molar-refractivity contribution is 5.48. The predicted molar refractivity (Wildman–Crippen MR) is 62.4 cm³/mol. The van der Waals surface area contributed by atoms with Crippen LogP contribution in [0.5, 0.6) is 0 Å². The third-order valence-corrected chi connectivity index (χ3v) is 2.48. The fourth-order valence-corrected chi connectivity index (χ4v) is 1.19. The molecule has 1 atom stereocenters. The molecule has 0 aliphatic heterocycles. The van der Waals surface area contributed by atoms with Gasteiger partial charge < -0.3 is 11.1 Å². The van der Waals surface area contributed by atoms with Gasteiger partial charge in [0.05, 0.1) is 17.3 Å². The number of benzene rings is 1. The molecule has 16 heavy (non-hydrogen) atoms. The minimum absolute atomic E-state index is 0.0185. The smallest absolute Gasteiger partial charge is 0.147 e. The van der Waals surface area contributed by atoms with Crippen LogP contribution in [0, 0.1) is 23.1 Å². The molecule has 0 aliphatic rings. The van der Waals surface area contributed by atoms with Crippen molar-refractivity contribution in [3.63, 3.8) is 0 Å². The fraction of sp³-hybridized carbons (Fsp3) is 0.417. The molecular formula is C12H16FN3. The first-order chi connectivity index (χ1) is 7.54. The maximum Gasteiger partial charge on any atom is 0.147 e. The molecule has 1 aromatic rings. The van der Waals surface area contributed by atoms with Crippen molar-refractivity contribution in [3.05, 3.63) is 29.6 Å². The van der Waals surface area contributed by atoms with Gasteiger partial charge in [-0.25, -0.2) is 4.39 Å². The molecule has 0 bridgehead atoms. The lowest BCUT2D eigenvalue weighted by atomic mass is 10.1. The Morgan fingerprint density at radius 1 is 1.50 bits per heavy atom. The van der Waals surface area contributed by atoms with Gasteiger partial charge in [-0.3, -0.25) is 0 Å². The molecule has 0 radical (unpaired) electrons. The number of anilines is 1. The Balaban J connectivity index is 2.65. The second-order valence-corrected chi connectivity index (χ2v) is 4.10. The van der Waals surface area contributed by atoms with E-state index in [0.29, 0.717) is 23.7 Å². The number of hydrogen-bond donors (Lipinski definition) is 2. The maximum atomic E-state index is 13.4. The summed E-state index contributed by atoms with van der Waals surface area (Å²) in [5.74, 6) is -0.0797. The van der Waals surface area contributed by atoms with Crippen LogP contribution in [0.2, 0.25) is 0 Å². The number of nitriles is 1. The van der Waals surface area contributed by atoms with Gasteiger partial charge in [0, 0.05) is 12.6 Å². The van der Waals surface area contributed by atoms with Gasteiger partial charge in [-0.2, -0.15) is 5.26 Å². The van der Waals surface area contributed by atoms with E-state index in [1.165, 1.54) is 6.07 Å². The van der Waals surface area contributed by atoms with Crippen molar-refractivity contribution in [1.82, 2.24) is 0 Å². The van der Waals surface area contributed by atoms with Crippen molar-refractivity contribution in [2.24, 2.45) is 11.7 Å². The molecule has 1 rings (SSSR count). The van der Waals surface area contributed by atoms with Crippen LogP contribution < -0.4 is 11.1 Å². The van der Waals surface area contributed by atoms with Gasteiger partial charge in [0.1, 0.15) is 5.82 Å². The highest BCUT2D eigenvalue weighted by Crippen LogP contribution is 2.15. The zero-order chi connectivity index (χ0) is 12.1. The van der Waals surface area contributed by atoms with E-state index in [4.69, 9.17) is 11.0 Å². The first kappa shape index (κ1) is 12.5. The van der Waals surface area contributed by atoms with Gasteiger partial charge in [-0.1, -0.05) is 13.8 Å². The van der Waals surface area contributed by atoms with Crippen LogP contribution in [0.1, 0.15) is 19.4 Å². The van der Waals surface area contributed by atoms with Crippen molar-refractivity contribution in [1.29, 1.82) is 5.26 Å². The van der Waals surface area contributed by atoms with Crippen LogP contribution >= 0.6 is 0 Å². The van der Waals surface area contributed by atoms with Gasteiger partial charge in [-0.15, -0.1) is 0 Å². The molecule has 0 aromatic heterocycles. The summed E-state index contributed by atoms with van der Waals surface area (Å²) in [5.41, 5.74) is 6.53. The Bertz CT molecular complexity index is 396. The Hall–Kier alpha value is -1.60. The minimum Gasteiger partial charge on any atom is -0.381 e. The number of nitrogens with one attached hydrogen (secondary N) is 1. The highest BCUT2D eigenvalue weighted by atomic mass is 19.1. The predicted octanol–water partition coefficient (Wildman–Crippen LogP) is 2.09. The van der Waals surface area contributed by atoms with Gasteiger partial charge in [0.2, 0.25) is 0 Å². The van der Waals surface area contributed by atoms with Gasteiger partial charge in [0.25, 0.3) is 0 Å². The van der Waals surface area contributed by atoms with Crippen LogP contribution in [0.25, 0.3) is 0 Å². The Kier molecular flexibility index (Phi) is 4.27. The molecule has 1 unspecified atom stereocenters. The van der Waals surface area contributed by atoms with Crippen LogP contribution in [-0.2, 0) is 0 Å². The Labute approximate surface area is 95.1 Å². The first-order valence-corrected chi connectivity index (χ1v) is 5.23. The van der Waals surface area contributed by atoms with E-state index in [-0.39, 0.29) is 6.04 Å². The standard InChI is InChI=1S/C12H16FN3/c1-8(2)11(15)7-16-12-4-3-9(6-14)5-10(12)13/h3-5,8,11,16H,7,15H2,1-2H3. The van der Waals surface area contributed by atoms with E-state index in [9.17, 15) is 4.39 Å². The number of nitrogens with two attached hydrogens (primary N) is 1. The molecule has 0 aliphatic carbocycles. The quantitative estimate of drug-likeness (QED) is 0.818. The number of halogens is 1. The van der Waals surface area contributed by atoms with E-state index in [1.807, 2.05) is 19.9 Å². The van der Waals surface area contributed by atoms with Crippen LogP contribution in [0.3, 0.4) is 0 Å². The van der Waals surface area contributed by atoms with Crippen molar-refractivity contribution in [2.75, 3.05) is 11.9 Å². The van der Waals surface area contributed by atoms with Crippen molar-refractivity contribution in [3.8, 4) is 6.07 Å². The summed E-state index contributed by atoms with van der Waals surface area (Å²) in [6.07, 6.45) is 0. The molecule has 3 N–H and O–H groups in total. The summed E-state index contributed by atoms with van der Waals surface area (Å²) in [6, 6.07) is 6.21. The number of nitrogens with zero attached hydrogens (tertiary/aromatic N) is 1. The monoisotopic (exact) mass is 221 g/mol. The van der Waals surface area contributed by atoms with E-state index in [1.54, 1.807) is 12.1 Å². The number of hydrogen-bond acceptors (Lipinski definition) is 3. The molecule has 0 amide bonds. The van der Waals surface area contributed by atoms with Gasteiger partial charge in [0.15, 0.2) is 0 Å². The topological polar surface area (TPSA) is 61.8 Å². The van der Waals surface area contributed by atoms with Crippen molar-refractivity contribution < 1.29 is 4.39 Å². The third kappa shape index (κ3) is 3.21. The zero-order valence-corrected chi connectivity index (χ0v) is 9.50. The molecule has 86 valence electrons. The largest absolute Gasteiger partial charge is 0.381 e. The van der Waals surface area contributed by atoms with E-state index >= 15 is 0 Å². The lowest BCUT2D eigenvalue weighted by Crippen LogP contribution is -2.34. The normalized spacial score (nSPS) is 12.2. The summed E-state index contributed by atoms with van der Waals surface area (Å²) in [6.45, 7) is 4.55. The highest BCUT2D eigenvalue weighted by Gasteiger charge is 2.09. The van der Waals surface area contributed by atoms with Gasteiger partial charge >= 0.3 is 0 Å². The summed E-state index contributed by atoms with van der Waals surface area (Å²) in [7, 11) is 0. The third-order valence-electron chi connectivity index (χ3n) is 2.48. The maximum absolute atomic E-state index is 13.4. The van der Waals surface area contributed by atoms with E-state index in [0.717, 1.165) is 0 Å². The molecule has 4 heteroatoms. The lowest BCUT2D eigenvalue weighted by molar-refractivity contribution is 0.510. The molecular weight excluding hydrogens is 205 g/mol. The Morgan fingerprint density at radius 2 is 2.19 bits per heavy atom. The molecule has 0 fully saturated rings. The van der Waals surface area contributed by atoms with Crippen LogP contribution in [-0.4, -0.2) is 12.6 Å². The van der Waals surface area contributed by atoms with Crippen LogP contribution in [0.15, 0.2) is 18.2 Å². The molecule has 1 aromatic carbocycles. The second-order valence-electron chi connectivity index (χ2n) is 4.10. The van der Waals surface area contributed by atoms with Gasteiger partial charge in [-0.05, 0) is 24.1 Å². The average molecular weight is 221 g/mol. The van der Waals surface area contributed by atoms with Crippen LogP contribution in [0.4, 0.5) is 10.1 Å². The first-order valence-electron chi connectivity index (χ1n) is 5.23. The van der Waals surface area contributed by atoms with Crippen molar-refractivity contribution in [2.45, 2.75) is 19.9 Å². The molecule has 0 saturated carbocycles. The number of rotatable bonds is 4. The zero-order valence-electron chi connectivity index (χ0n) is 9.50. The molecule has 0 spiro atoms. The summed E-state index contributed by atoms with van der Waals surface area (Å²) in [4.78, 5) is 0. The molecule has 0 heterocycles.